The minimum absolute atomic E-state index is 0.144. The largest absolute Gasteiger partial charge is 0.338 e. The zero-order valence-corrected chi connectivity index (χ0v) is 12.4. The molecule has 1 amide bonds. The fraction of sp³-hybridized carbons (Fsp3) is 0.556. The molecule has 1 aromatic carbocycles. The van der Waals surface area contributed by atoms with Gasteiger partial charge in [0.15, 0.2) is 5.78 Å². The van der Waals surface area contributed by atoms with Crippen LogP contribution in [0, 0.1) is 5.41 Å². The molecule has 1 saturated heterocycles. The van der Waals surface area contributed by atoms with Gasteiger partial charge in [-0.2, -0.15) is 0 Å². The summed E-state index contributed by atoms with van der Waals surface area (Å²) >= 11 is 0. The van der Waals surface area contributed by atoms with Crippen LogP contribution in [0.4, 0.5) is 0 Å². The Hall–Kier alpha value is -1.64. The Balaban J connectivity index is 1.60. The third-order valence-electron chi connectivity index (χ3n) is 5.70. The Morgan fingerprint density at radius 2 is 1.90 bits per heavy atom. The number of likely N-dealkylation sites (tertiary alicyclic amines) is 1. The maximum Gasteiger partial charge on any atom is 0.254 e. The maximum atomic E-state index is 12.9. The third-order valence-corrected chi connectivity index (χ3v) is 5.70. The summed E-state index contributed by atoms with van der Waals surface area (Å²) in [6, 6.07) is 5.62. The molecule has 21 heavy (non-hydrogen) atoms. The average Bonchev–Trinajstić information content (AvgIpc) is 3.21. The summed E-state index contributed by atoms with van der Waals surface area (Å²) < 4.78 is 0. The monoisotopic (exact) mass is 283 g/mol. The van der Waals surface area contributed by atoms with E-state index in [2.05, 4.69) is 0 Å². The van der Waals surface area contributed by atoms with Crippen LogP contribution >= 0.6 is 0 Å². The van der Waals surface area contributed by atoms with Gasteiger partial charge >= 0.3 is 0 Å². The lowest BCUT2D eigenvalue weighted by Gasteiger charge is -2.24. The fourth-order valence-electron chi connectivity index (χ4n) is 4.50. The van der Waals surface area contributed by atoms with E-state index in [-0.39, 0.29) is 11.7 Å². The lowest BCUT2D eigenvalue weighted by molar-refractivity contribution is 0.0772. The van der Waals surface area contributed by atoms with Crippen molar-refractivity contribution in [1.82, 2.24) is 4.90 Å². The van der Waals surface area contributed by atoms with E-state index in [1.165, 1.54) is 25.7 Å². The van der Waals surface area contributed by atoms with Crippen LogP contribution in [0.1, 0.15) is 64.8 Å². The number of benzene rings is 1. The number of fused-ring (bicyclic) bond motifs is 1. The van der Waals surface area contributed by atoms with Gasteiger partial charge in [-0.05, 0) is 42.7 Å². The molecule has 1 spiro atoms. The molecule has 4 rings (SSSR count). The molecule has 1 aromatic rings. The van der Waals surface area contributed by atoms with Crippen molar-refractivity contribution in [2.75, 3.05) is 13.1 Å². The summed E-state index contributed by atoms with van der Waals surface area (Å²) in [6.07, 6.45) is 7.64. The molecule has 1 aliphatic heterocycles. The van der Waals surface area contributed by atoms with Crippen molar-refractivity contribution in [1.29, 1.82) is 0 Å². The standard InChI is InChI=1S/C18H21NO2/c20-16-7-6-13-14(16)4-3-5-15(13)17(21)19-11-10-18(12-19)8-1-2-9-18/h3-5H,1-2,6-12H2. The van der Waals surface area contributed by atoms with Crippen LogP contribution in [0.3, 0.4) is 0 Å². The molecule has 0 unspecified atom stereocenters. The first-order valence-corrected chi connectivity index (χ1v) is 8.13. The van der Waals surface area contributed by atoms with Gasteiger partial charge < -0.3 is 4.90 Å². The van der Waals surface area contributed by atoms with Crippen LogP contribution in [0.15, 0.2) is 18.2 Å². The van der Waals surface area contributed by atoms with Gasteiger partial charge in [-0.15, -0.1) is 0 Å². The molecule has 3 heteroatoms. The van der Waals surface area contributed by atoms with Gasteiger partial charge in [0, 0.05) is 30.6 Å². The summed E-state index contributed by atoms with van der Waals surface area (Å²) in [5.74, 6) is 0.332. The van der Waals surface area contributed by atoms with Crippen LogP contribution in [0.2, 0.25) is 0 Å². The summed E-state index contributed by atoms with van der Waals surface area (Å²) in [4.78, 5) is 26.7. The Morgan fingerprint density at radius 1 is 1.10 bits per heavy atom. The smallest absolute Gasteiger partial charge is 0.254 e. The van der Waals surface area contributed by atoms with Gasteiger partial charge in [-0.25, -0.2) is 0 Å². The van der Waals surface area contributed by atoms with Crippen molar-refractivity contribution in [2.24, 2.45) is 5.41 Å². The Bertz CT molecular complexity index is 614. The molecular formula is C18H21NO2. The van der Waals surface area contributed by atoms with Gasteiger partial charge in [0.2, 0.25) is 0 Å². The van der Waals surface area contributed by atoms with E-state index in [0.29, 0.717) is 11.8 Å². The third kappa shape index (κ3) is 2.02. The molecule has 0 N–H and O–H groups in total. The van der Waals surface area contributed by atoms with Crippen molar-refractivity contribution < 1.29 is 9.59 Å². The normalized spacial score (nSPS) is 23.0. The first-order chi connectivity index (χ1) is 10.2. The zero-order chi connectivity index (χ0) is 14.4. The number of Topliss-reactive ketones (excluding diaryl/α,β-unsaturated/α-hetero) is 1. The highest BCUT2D eigenvalue weighted by atomic mass is 16.2. The lowest BCUT2D eigenvalue weighted by Crippen LogP contribution is -2.31. The van der Waals surface area contributed by atoms with Crippen molar-refractivity contribution in [2.45, 2.75) is 44.9 Å². The van der Waals surface area contributed by atoms with E-state index in [1.54, 1.807) is 0 Å². The van der Waals surface area contributed by atoms with Crippen molar-refractivity contribution in [3.05, 3.63) is 34.9 Å². The van der Waals surface area contributed by atoms with Gasteiger partial charge in [0.05, 0.1) is 0 Å². The fourth-order valence-corrected chi connectivity index (χ4v) is 4.50. The number of hydrogen-bond acceptors (Lipinski definition) is 2. The molecule has 110 valence electrons. The average molecular weight is 283 g/mol. The number of amides is 1. The van der Waals surface area contributed by atoms with Crippen LogP contribution in [0.25, 0.3) is 0 Å². The number of nitrogens with zero attached hydrogens (tertiary/aromatic N) is 1. The number of rotatable bonds is 1. The highest BCUT2D eigenvalue weighted by Crippen LogP contribution is 2.45. The predicted octanol–water partition coefficient (Wildman–Crippen LogP) is 3.22. The van der Waals surface area contributed by atoms with Crippen LogP contribution in [-0.4, -0.2) is 29.7 Å². The minimum atomic E-state index is 0.144. The second kappa shape index (κ2) is 4.69. The summed E-state index contributed by atoms with van der Waals surface area (Å²) in [7, 11) is 0. The van der Waals surface area contributed by atoms with Crippen molar-refractivity contribution in [3.63, 3.8) is 0 Å². The van der Waals surface area contributed by atoms with E-state index in [9.17, 15) is 9.59 Å². The molecular weight excluding hydrogens is 262 g/mol. The second-order valence-corrected chi connectivity index (χ2v) is 6.94. The van der Waals surface area contributed by atoms with Crippen molar-refractivity contribution in [3.8, 4) is 0 Å². The van der Waals surface area contributed by atoms with Crippen LogP contribution < -0.4 is 0 Å². The van der Waals surface area contributed by atoms with Gasteiger partial charge in [-0.1, -0.05) is 25.0 Å². The molecule has 3 nitrogen and oxygen atoms in total. The molecule has 3 aliphatic rings. The lowest BCUT2D eigenvalue weighted by atomic mass is 9.86. The molecule has 0 atom stereocenters. The van der Waals surface area contributed by atoms with Gasteiger partial charge in [0.25, 0.3) is 5.91 Å². The molecule has 2 fully saturated rings. The summed E-state index contributed by atoms with van der Waals surface area (Å²) in [6.45, 7) is 1.81. The first kappa shape index (κ1) is 13.1. The van der Waals surface area contributed by atoms with Crippen LogP contribution in [0.5, 0.6) is 0 Å². The number of carbonyl (C=O) groups excluding carboxylic acids is 2. The molecule has 0 radical (unpaired) electrons. The molecule has 1 saturated carbocycles. The number of ketones is 1. The van der Waals surface area contributed by atoms with E-state index in [4.69, 9.17) is 0 Å². The van der Waals surface area contributed by atoms with E-state index < -0.39 is 0 Å². The highest BCUT2D eigenvalue weighted by molar-refractivity contribution is 6.05. The molecule has 2 aliphatic carbocycles. The van der Waals surface area contributed by atoms with Crippen molar-refractivity contribution >= 4 is 11.7 Å². The van der Waals surface area contributed by atoms with Gasteiger partial charge in [-0.3, -0.25) is 9.59 Å². The zero-order valence-electron chi connectivity index (χ0n) is 12.4. The van der Waals surface area contributed by atoms with E-state index >= 15 is 0 Å². The van der Waals surface area contributed by atoms with E-state index in [0.717, 1.165) is 42.6 Å². The van der Waals surface area contributed by atoms with Gasteiger partial charge in [0.1, 0.15) is 0 Å². The molecule has 0 bridgehead atoms. The Kier molecular flexibility index (Phi) is 2.91. The summed E-state index contributed by atoms with van der Waals surface area (Å²) in [5, 5.41) is 0. The van der Waals surface area contributed by atoms with E-state index in [1.807, 2.05) is 23.1 Å². The second-order valence-electron chi connectivity index (χ2n) is 6.94. The molecule has 0 aromatic heterocycles. The topological polar surface area (TPSA) is 37.4 Å². The Morgan fingerprint density at radius 3 is 2.71 bits per heavy atom. The predicted molar refractivity (Wildman–Crippen MR) is 80.5 cm³/mol. The molecule has 1 heterocycles. The maximum absolute atomic E-state index is 12.9. The highest BCUT2D eigenvalue weighted by Gasteiger charge is 2.42. The number of hydrogen-bond donors (Lipinski definition) is 0. The quantitative estimate of drug-likeness (QED) is 0.793. The number of carbonyl (C=O) groups is 2. The Labute approximate surface area is 125 Å². The SMILES string of the molecule is O=C1CCc2c1cccc2C(=O)N1CCC2(CCCC2)C1. The minimum Gasteiger partial charge on any atom is -0.338 e. The van der Waals surface area contributed by atoms with Crippen LogP contribution in [-0.2, 0) is 6.42 Å². The first-order valence-electron chi connectivity index (χ1n) is 8.13. The summed E-state index contributed by atoms with van der Waals surface area (Å²) in [5.41, 5.74) is 2.94.